The van der Waals surface area contributed by atoms with Crippen LogP contribution in [0.15, 0.2) is 55.0 Å². The van der Waals surface area contributed by atoms with Crippen molar-refractivity contribution in [2.24, 2.45) is 0 Å². The van der Waals surface area contributed by atoms with Crippen LogP contribution in [0.25, 0.3) is 10.8 Å². The Labute approximate surface area is 117 Å². The molecule has 1 aliphatic carbocycles. The molecule has 4 rings (SSSR count). The van der Waals surface area contributed by atoms with Crippen LogP contribution in [-0.2, 0) is 6.42 Å². The van der Waals surface area contributed by atoms with Gasteiger partial charge in [-0.05, 0) is 42.0 Å². The van der Waals surface area contributed by atoms with Gasteiger partial charge in [0.15, 0.2) is 0 Å². The Morgan fingerprint density at radius 1 is 1.05 bits per heavy atom. The van der Waals surface area contributed by atoms with Crippen molar-refractivity contribution in [3.63, 3.8) is 0 Å². The molecule has 0 saturated heterocycles. The summed E-state index contributed by atoms with van der Waals surface area (Å²) in [5.41, 5.74) is 3.69. The summed E-state index contributed by atoms with van der Waals surface area (Å²) in [6.45, 7) is 0. The number of fused-ring (bicyclic) bond motifs is 2. The van der Waals surface area contributed by atoms with E-state index < -0.39 is 0 Å². The van der Waals surface area contributed by atoms with Crippen LogP contribution < -0.4 is 5.32 Å². The molecule has 0 aliphatic heterocycles. The Bertz CT molecular complexity index is 762. The minimum atomic E-state index is 0.303. The number of anilines is 1. The van der Waals surface area contributed by atoms with E-state index in [1.807, 2.05) is 30.7 Å². The van der Waals surface area contributed by atoms with Crippen LogP contribution in [-0.4, -0.2) is 9.97 Å². The first kappa shape index (κ1) is 11.4. The van der Waals surface area contributed by atoms with Gasteiger partial charge in [-0.2, -0.15) is 0 Å². The summed E-state index contributed by atoms with van der Waals surface area (Å²) >= 11 is 0. The fraction of sp³-hybridized carbons (Fsp3) is 0.176. The van der Waals surface area contributed by atoms with Gasteiger partial charge in [0.1, 0.15) is 0 Å². The second-order valence-corrected chi connectivity index (χ2v) is 5.19. The summed E-state index contributed by atoms with van der Waals surface area (Å²) in [6.07, 6.45) is 7.83. The van der Waals surface area contributed by atoms with Crippen LogP contribution in [0, 0.1) is 0 Å². The van der Waals surface area contributed by atoms with E-state index in [9.17, 15) is 0 Å². The molecular formula is C17H15N3. The van der Waals surface area contributed by atoms with Gasteiger partial charge in [0.2, 0.25) is 0 Å². The van der Waals surface area contributed by atoms with Gasteiger partial charge in [-0.15, -0.1) is 0 Å². The largest absolute Gasteiger partial charge is 0.376 e. The molecule has 3 heteroatoms. The second kappa shape index (κ2) is 4.60. The van der Waals surface area contributed by atoms with Gasteiger partial charge in [0, 0.05) is 29.7 Å². The monoisotopic (exact) mass is 261 g/mol. The molecule has 3 aromatic rings. The second-order valence-electron chi connectivity index (χ2n) is 5.19. The van der Waals surface area contributed by atoms with Crippen molar-refractivity contribution in [1.29, 1.82) is 0 Å². The highest BCUT2D eigenvalue weighted by atomic mass is 15.0. The Kier molecular flexibility index (Phi) is 2.62. The van der Waals surface area contributed by atoms with E-state index >= 15 is 0 Å². The zero-order valence-corrected chi connectivity index (χ0v) is 11.1. The minimum absolute atomic E-state index is 0.303. The van der Waals surface area contributed by atoms with Crippen molar-refractivity contribution in [3.8, 4) is 0 Å². The maximum Gasteiger partial charge on any atom is 0.0691 e. The van der Waals surface area contributed by atoms with E-state index in [1.54, 1.807) is 0 Å². The molecule has 1 atom stereocenters. The molecule has 3 nitrogen and oxygen atoms in total. The highest BCUT2D eigenvalue weighted by Crippen LogP contribution is 2.34. The van der Waals surface area contributed by atoms with Gasteiger partial charge < -0.3 is 5.32 Å². The van der Waals surface area contributed by atoms with E-state index in [2.05, 4.69) is 39.6 Å². The van der Waals surface area contributed by atoms with Crippen molar-refractivity contribution < 1.29 is 0 Å². The number of aromatic nitrogens is 2. The quantitative estimate of drug-likeness (QED) is 0.763. The van der Waals surface area contributed by atoms with E-state index in [1.165, 1.54) is 22.0 Å². The highest BCUT2D eigenvalue weighted by Gasteiger charge is 2.23. The summed E-state index contributed by atoms with van der Waals surface area (Å²) in [6, 6.07) is 12.9. The average Bonchev–Trinajstić information content (AvgIpc) is 2.91. The summed E-state index contributed by atoms with van der Waals surface area (Å²) in [4.78, 5) is 8.78. The molecule has 0 amide bonds. The first-order valence-corrected chi connectivity index (χ1v) is 6.95. The molecule has 2 aromatic heterocycles. The van der Waals surface area contributed by atoms with E-state index in [0.29, 0.717) is 6.04 Å². The third-order valence-electron chi connectivity index (χ3n) is 3.97. The van der Waals surface area contributed by atoms with E-state index in [4.69, 9.17) is 0 Å². The maximum atomic E-state index is 4.54. The van der Waals surface area contributed by atoms with Crippen LogP contribution in [0.4, 0.5) is 5.69 Å². The Morgan fingerprint density at radius 3 is 3.05 bits per heavy atom. The Hall–Kier alpha value is -2.42. The lowest BCUT2D eigenvalue weighted by atomic mass is 10.1. The molecule has 2 heterocycles. The standard InChI is InChI=1S/C17H15N3/c1-3-12-8-10-18-11-14(12)15(5-1)20-16-7-6-13-4-2-9-19-17(13)16/h1-5,8-11,16,20H,6-7H2. The van der Waals surface area contributed by atoms with Crippen molar-refractivity contribution in [3.05, 3.63) is 66.2 Å². The molecule has 1 unspecified atom stereocenters. The number of pyridine rings is 2. The number of hydrogen-bond donors (Lipinski definition) is 1. The van der Waals surface area contributed by atoms with E-state index in [0.717, 1.165) is 18.5 Å². The van der Waals surface area contributed by atoms with Crippen molar-refractivity contribution >= 4 is 16.5 Å². The SMILES string of the molecule is c1cnc2c(c1)CCC2Nc1cccc2ccncc12. The normalized spacial score (nSPS) is 17.1. The smallest absolute Gasteiger partial charge is 0.0691 e. The number of aryl methyl sites for hydroxylation is 1. The maximum absolute atomic E-state index is 4.54. The molecule has 1 aliphatic rings. The van der Waals surface area contributed by atoms with Gasteiger partial charge in [-0.3, -0.25) is 9.97 Å². The van der Waals surface area contributed by atoms with Gasteiger partial charge in [0.05, 0.1) is 11.7 Å². The van der Waals surface area contributed by atoms with Gasteiger partial charge in [-0.25, -0.2) is 0 Å². The van der Waals surface area contributed by atoms with Gasteiger partial charge in [-0.1, -0.05) is 18.2 Å². The Balaban J connectivity index is 1.73. The van der Waals surface area contributed by atoms with Crippen LogP contribution in [0.5, 0.6) is 0 Å². The third kappa shape index (κ3) is 1.83. The molecule has 0 saturated carbocycles. The zero-order valence-electron chi connectivity index (χ0n) is 11.1. The summed E-state index contributed by atoms with van der Waals surface area (Å²) in [7, 11) is 0. The molecule has 0 bridgehead atoms. The topological polar surface area (TPSA) is 37.8 Å². The van der Waals surface area contributed by atoms with Crippen molar-refractivity contribution in [1.82, 2.24) is 9.97 Å². The summed E-state index contributed by atoms with van der Waals surface area (Å²) < 4.78 is 0. The first-order chi connectivity index (χ1) is 9.92. The van der Waals surface area contributed by atoms with Crippen LogP contribution in [0.2, 0.25) is 0 Å². The van der Waals surface area contributed by atoms with Crippen LogP contribution in [0.1, 0.15) is 23.7 Å². The lowest BCUT2D eigenvalue weighted by Crippen LogP contribution is -2.08. The molecule has 0 fully saturated rings. The Morgan fingerprint density at radius 2 is 2.05 bits per heavy atom. The highest BCUT2D eigenvalue weighted by molar-refractivity contribution is 5.93. The average molecular weight is 261 g/mol. The van der Waals surface area contributed by atoms with Crippen LogP contribution in [0.3, 0.4) is 0 Å². The third-order valence-corrected chi connectivity index (χ3v) is 3.97. The molecule has 1 N–H and O–H groups in total. The number of hydrogen-bond acceptors (Lipinski definition) is 3. The van der Waals surface area contributed by atoms with Crippen molar-refractivity contribution in [2.45, 2.75) is 18.9 Å². The number of rotatable bonds is 2. The first-order valence-electron chi connectivity index (χ1n) is 6.95. The molecule has 20 heavy (non-hydrogen) atoms. The van der Waals surface area contributed by atoms with Gasteiger partial charge in [0.25, 0.3) is 0 Å². The number of benzene rings is 1. The molecule has 98 valence electrons. The predicted molar refractivity (Wildman–Crippen MR) is 80.7 cm³/mol. The lowest BCUT2D eigenvalue weighted by Gasteiger charge is -2.16. The minimum Gasteiger partial charge on any atom is -0.376 e. The number of nitrogens with one attached hydrogen (secondary N) is 1. The lowest BCUT2D eigenvalue weighted by molar-refractivity contribution is 0.747. The van der Waals surface area contributed by atoms with Gasteiger partial charge >= 0.3 is 0 Å². The molecular weight excluding hydrogens is 246 g/mol. The van der Waals surface area contributed by atoms with Crippen LogP contribution >= 0.6 is 0 Å². The zero-order chi connectivity index (χ0) is 13.4. The fourth-order valence-electron chi connectivity index (χ4n) is 2.98. The predicted octanol–water partition coefficient (Wildman–Crippen LogP) is 3.73. The molecule has 1 aromatic carbocycles. The van der Waals surface area contributed by atoms with Crippen molar-refractivity contribution in [2.75, 3.05) is 5.32 Å². The number of nitrogens with zero attached hydrogens (tertiary/aromatic N) is 2. The van der Waals surface area contributed by atoms with E-state index in [-0.39, 0.29) is 0 Å². The molecule has 0 spiro atoms. The summed E-state index contributed by atoms with van der Waals surface area (Å²) in [5, 5.41) is 6.02. The fourth-order valence-corrected chi connectivity index (χ4v) is 2.98. The summed E-state index contributed by atoms with van der Waals surface area (Å²) in [5.74, 6) is 0. The molecule has 0 radical (unpaired) electrons.